The van der Waals surface area contributed by atoms with E-state index in [4.69, 9.17) is 4.74 Å². The highest BCUT2D eigenvalue weighted by molar-refractivity contribution is 5.89. The van der Waals surface area contributed by atoms with Crippen LogP contribution >= 0.6 is 0 Å². The number of ether oxygens (including phenoxy) is 1. The Morgan fingerprint density at radius 3 is 2.68 bits per heavy atom. The van der Waals surface area contributed by atoms with Crippen molar-refractivity contribution in [2.75, 3.05) is 6.61 Å². The zero-order valence-corrected chi connectivity index (χ0v) is 15.8. The second-order valence-corrected chi connectivity index (χ2v) is 7.85. The molecule has 0 N–H and O–H groups in total. The van der Waals surface area contributed by atoms with Crippen LogP contribution in [0, 0.1) is 29.1 Å². The lowest BCUT2D eigenvalue weighted by Crippen LogP contribution is -2.34. The highest BCUT2D eigenvalue weighted by Crippen LogP contribution is 2.59. The van der Waals surface area contributed by atoms with Crippen LogP contribution in [0.15, 0.2) is 24.3 Å². The number of carbonyl (C=O) groups excluding carboxylic acids is 1. The maximum atomic E-state index is 11.9. The SMILES string of the molecule is CC#C[C@H](c1ccc(C(=O)OCC)cc1)C1CCC2CCCCC21C. The molecule has 1 aromatic carbocycles. The molecule has 0 heterocycles. The van der Waals surface area contributed by atoms with Crippen molar-refractivity contribution in [3.8, 4) is 11.8 Å². The van der Waals surface area contributed by atoms with Gasteiger partial charge in [-0.3, -0.25) is 0 Å². The molecule has 2 heteroatoms. The number of fused-ring (bicyclic) bond motifs is 1. The molecule has 3 rings (SSSR count). The average molecular weight is 338 g/mol. The summed E-state index contributed by atoms with van der Waals surface area (Å²) in [5.41, 5.74) is 2.30. The molecule has 2 aliphatic rings. The van der Waals surface area contributed by atoms with Crippen molar-refractivity contribution in [2.24, 2.45) is 17.3 Å². The predicted molar refractivity (Wildman–Crippen MR) is 101 cm³/mol. The Morgan fingerprint density at radius 1 is 1.24 bits per heavy atom. The maximum absolute atomic E-state index is 11.9. The Bertz CT molecular complexity index is 664. The van der Waals surface area contributed by atoms with Crippen LogP contribution in [0.4, 0.5) is 0 Å². The van der Waals surface area contributed by atoms with Gasteiger partial charge in [0.05, 0.1) is 12.2 Å². The van der Waals surface area contributed by atoms with Gasteiger partial charge in [-0.15, -0.1) is 5.92 Å². The van der Waals surface area contributed by atoms with Crippen molar-refractivity contribution >= 4 is 5.97 Å². The topological polar surface area (TPSA) is 26.3 Å². The Labute approximate surface area is 152 Å². The van der Waals surface area contributed by atoms with Gasteiger partial charge in [0.1, 0.15) is 0 Å². The molecule has 2 saturated carbocycles. The van der Waals surface area contributed by atoms with Crippen LogP contribution in [-0.4, -0.2) is 12.6 Å². The first-order valence-corrected chi connectivity index (χ1v) is 9.79. The van der Waals surface area contributed by atoms with E-state index in [0.29, 0.717) is 23.5 Å². The minimum Gasteiger partial charge on any atom is -0.462 e. The lowest BCUT2D eigenvalue weighted by atomic mass is 9.62. The van der Waals surface area contributed by atoms with Crippen LogP contribution in [0.25, 0.3) is 0 Å². The summed E-state index contributed by atoms with van der Waals surface area (Å²) in [5.74, 6) is 8.20. The van der Waals surface area contributed by atoms with Crippen LogP contribution < -0.4 is 0 Å². The van der Waals surface area contributed by atoms with E-state index in [-0.39, 0.29) is 11.9 Å². The van der Waals surface area contributed by atoms with Gasteiger partial charge in [-0.1, -0.05) is 37.8 Å². The van der Waals surface area contributed by atoms with E-state index >= 15 is 0 Å². The number of hydrogen-bond donors (Lipinski definition) is 0. The second-order valence-electron chi connectivity index (χ2n) is 7.85. The molecule has 2 nitrogen and oxygen atoms in total. The van der Waals surface area contributed by atoms with Crippen molar-refractivity contribution in [2.45, 2.75) is 65.2 Å². The van der Waals surface area contributed by atoms with E-state index < -0.39 is 0 Å². The standard InChI is InChI=1S/C23H30O2/c1-4-8-20(17-10-12-18(13-11-17)22(24)25-5-2)21-15-14-19-9-6-7-16-23(19,21)3/h10-13,19-21H,5-7,9,14-16H2,1-3H3/t19?,20-,21?,23?/m1/s1. The van der Waals surface area contributed by atoms with Gasteiger partial charge < -0.3 is 4.74 Å². The van der Waals surface area contributed by atoms with Crippen molar-refractivity contribution in [3.05, 3.63) is 35.4 Å². The molecule has 25 heavy (non-hydrogen) atoms. The van der Waals surface area contributed by atoms with Crippen LogP contribution in [0.1, 0.15) is 81.1 Å². The third-order valence-corrected chi connectivity index (χ3v) is 6.61. The van der Waals surface area contributed by atoms with Gasteiger partial charge in [0.2, 0.25) is 0 Å². The third-order valence-electron chi connectivity index (χ3n) is 6.61. The predicted octanol–water partition coefficient (Wildman–Crippen LogP) is 5.58. The first-order chi connectivity index (χ1) is 12.1. The Kier molecular flexibility index (Phi) is 5.52. The first kappa shape index (κ1) is 18.1. The number of hydrogen-bond acceptors (Lipinski definition) is 2. The fourth-order valence-corrected chi connectivity index (χ4v) is 5.26. The molecule has 2 fully saturated rings. The molecule has 0 aliphatic heterocycles. The summed E-state index contributed by atoms with van der Waals surface area (Å²) in [7, 11) is 0. The van der Waals surface area contributed by atoms with E-state index in [9.17, 15) is 4.79 Å². The summed E-state index contributed by atoms with van der Waals surface area (Å²) in [6.07, 6.45) is 8.11. The zero-order chi connectivity index (χ0) is 17.9. The van der Waals surface area contributed by atoms with Gasteiger partial charge in [-0.25, -0.2) is 4.79 Å². The molecule has 1 aromatic rings. The van der Waals surface area contributed by atoms with Gasteiger partial charge >= 0.3 is 5.97 Å². The molecular formula is C23H30O2. The molecule has 0 aromatic heterocycles. The quantitative estimate of drug-likeness (QED) is 0.529. The maximum Gasteiger partial charge on any atom is 0.338 e. The normalized spacial score (nSPS) is 29.2. The lowest BCUT2D eigenvalue weighted by Gasteiger charge is -2.43. The third kappa shape index (κ3) is 3.47. The molecule has 0 saturated heterocycles. The number of rotatable bonds is 4. The smallest absolute Gasteiger partial charge is 0.338 e. The summed E-state index contributed by atoms with van der Waals surface area (Å²) in [4.78, 5) is 11.9. The van der Waals surface area contributed by atoms with Gasteiger partial charge in [0.15, 0.2) is 0 Å². The van der Waals surface area contributed by atoms with E-state index in [2.05, 4.69) is 30.9 Å². The summed E-state index contributed by atoms with van der Waals surface area (Å²) >= 11 is 0. The van der Waals surface area contributed by atoms with Crippen LogP contribution in [0.5, 0.6) is 0 Å². The minimum atomic E-state index is -0.243. The Hall–Kier alpha value is -1.75. The zero-order valence-electron chi connectivity index (χ0n) is 15.8. The summed E-state index contributed by atoms with van der Waals surface area (Å²) < 4.78 is 5.10. The van der Waals surface area contributed by atoms with E-state index in [1.807, 2.05) is 26.0 Å². The molecule has 134 valence electrons. The molecule has 2 aliphatic carbocycles. The number of benzene rings is 1. The van der Waals surface area contributed by atoms with Crippen molar-refractivity contribution < 1.29 is 9.53 Å². The van der Waals surface area contributed by atoms with Crippen LogP contribution in [0.2, 0.25) is 0 Å². The Morgan fingerprint density at radius 2 is 2.00 bits per heavy atom. The van der Waals surface area contributed by atoms with Gasteiger partial charge in [-0.2, -0.15) is 0 Å². The number of carbonyl (C=O) groups is 1. The first-order valence-electron chi connectivity index (χ1n) is 9.79. The van der Waals surface area contributed by atoms with Gasteiger partial charge in [0, 0.05) is 5.92 Å². The minimum absolute atomic E-state index is 0.243. The molecule has 0 spiro atoms. The monoisotopic (exact) mass is 338 g/mol. The number of esters is 1. The van der Waals surface area contributed by atoms with E-state index in [1.54, 1.807) is 0 Å². The van der Waals surface area contributed by atoms with Crippen molar-refractivity contribution in [1.29, 1.82) is 0 Å². The van der Waals surface area contributed by atoms with Crippen LogP contribution in [-0.2, 0) is 4.74 Å². The van der Waals surface area contributed by atoms with Gasteiger partial charge in [0.25, 0.3) is 0 Å². The van der Waals surface area contributed by atoms with Crippen LogP contribution in [0.3, 0.4) is 0 Å². The fourth-order valence-electron chi connectivity index (χ4n) is 5.26. The lowest BCUT2D eigenvalue weighted by molar-refractivity contribution is 0.0526. The molecule has 4 atom stereocenters. The van der Waals surface area contributed by atoms with Crippen molar-refractivity contribution in [3.63, 3.8) is 0 Å². The molecule has 0 amide bonds. The highest BCUT2D eigenvalue weighted by atomic mass is 16.5. The average Bonchev–Trinajstić information content (AvgIpc) is 2.97. The second kappa shape index (κ2) is 7.65. The van der Waals surface area contributed by atoms with E-state index in [0.717, 1.165) is 5.92 Å². The molecule has 0 bridgehead atoms. The van der Waals surface area contributed by atoms with Crippen molar-refractivity contribution in [1.82, 2.24) is 0 Å². The van der Waals surface area contributed by atoms with E-state index in [1.165, 1.54) is 44.1 Å². The summed E-state index contributed by atoms with van der Waals surface area (Å²) in [6.45, 7) is 6.69. The molecule has 0 radical (unpaired) electrons. The molecule has 3 unspecified atom stereocenters. The summed E-state index contributed by atoms with van der Waals surface area (Å²) in [5, 5.41) is 0. The highest BCUT2D eigenvalue weighted by Gasteiger charge is 2.49. The van der Waals surface area contributed by atoms with Gasteiger partial charge in [-0.05, 0) is 74.5 Å². The fraction of sp³-hybridized carbons (Fsp3) is 0.609. The summed E-state index contributed by atoms with van der Waals surface area (Å²) in [6, 6.07) is 7.96. The Balaban J connectivity index is 1.86. The molecular weight excluding hydrogens is 308 g/mol. The largest absolute Gasteiger partial charge is 0.462 e.